The van der Waals surface area contributed by atoms with Crippen LogP contribution in [0.25, 0.3) is 22.3 Å². The first-order chi connectivity index (χ1) is 65.8. The molecule has 36 heteroatoms. The van der Waals surface area contributed by atoms with Crippen LogP contribution in [0.4, 0.5) is 73.9 Å². The SMILES string of the molecule is CC(C)(N=C=O)c1ccc(N=C=O)cc1.CC(C)(N=C=O)c1cccc(C(C)(C)N=C=O)c1.Cc1ccc(N=C=O)cc1N=C=O.O=C=NCC1CC2CC1C1CCC(CN=C=O)C21.O=C=Nc1ccc(-c2ccc(N=C=O)cc2)cc1.O=C=Nc1ccc(-c2cccc(N=C=O)c2)cc1.O=C=Nc1ccc(N=C=O)cc1.O=C=Nc1cccc(N=C=O)c1.O=C=Nc1ccccc1N=C=O. The van der Waals surface area contributed by atoms with Gasteiger partial charge in [-0.3, -0.25) is 0 Å². The summed E-state index contributed by atoms with van der Waals surface area (Å²) in [6.07, 6.45) is 31.6. The highest BCUT2D eigenvalue weighted by molar-refractivity contribution is 5.72. The minimum Gasteiger partial charge on any atom is -0.211 e. The van der Waals surface area contributed by atoms with Gasteiger partial charge in [-0.2, -0.15) is 79.9 Å². The minimum atomic E-state index is -0.640. The highest BCUT2D eigenvalue weighted by atomic mass is 16.2. The molecule has 3 aliphatic rings. The highest BCUT2D eigenvalue weighted by Gasteiger charge is 2.56. The smallest absolute Gasteiger partial charge is 0.211 e. The van der Waals surface area contributed by atoms with E-state index in [-0.39, 0.29) is 0 Å². The van der Waals surface area contributed by atoms with E-state index in [0.29, 0.717) is 98.9 Å². The van der Waals surface area contributed by atoms with Crippen LogP contribution in [0.5, 0.6) is 0 Å². The van der Waals surface area contributed by atoms with Crippen LogP contribution in [0.15, 0.2) is 326 Å². The Morgan fingerprint density at radius 2 is 0.551 bits per heavy atom. The summed E-state index contributed by atoms with van der Waals surface area (Å²) >= 11 is 0. The molecule has 36 nitrogen and oxygen atoms in total. The van der Waals surface area contributed by atoms with Crippen molar-refractivity contribution in [2.75, 3.05) is 13.1 Å². The normalized spacial score (nSPS) is 13.8. The molecule has 10 aromatic rings. The van der Waals surface area contributed by atoms with E-state index in [1.165, 1.54) is 123 Å². The predicted molar refractivity (Wildman–Crippen MR) is 497 cm³/mol. The lowest BCUT2D eigenvalue weighted by Gasteiger charge is -2.32. The second-order valence-corrected chi connectivity index (χ2v) is 29.8. The molecule has 10 aromatic carbocycles. The van der Waals surface area contributed by atoms with Crippen molar-refractivity contribution in [2.24, 2.45) is 125 Å². The van der Waals surface area contributed by atoms with Crippen molar-refractivity contribution in [3.63, 3.8) is 0 Å². The molecule has 6 atom stereocenters. The Labute approximate surface area is 776 Å². The molecule has 13 rings (SSSR count). The second-order valence-electron chi connectivity index (χ2n) is 29.8. The van der Waals surface area contributed by atoms with E-state index in [2.05, 4.69) is 89.9 Å². The fourth-order valence-electron chi connectivity index (χ4n) is 14.2. The number of fused-ring (bicyclic) bond motifs is 5. The molecule has 3 aliphatic carbocycles. The lowest BCUT2D eigenvalue weighted by molar-refractivity contribution is 0.166. The molecular formula is C100H78N18O18. The maximum Gasteiger partial charge on any atom is 0.240 e. The van der Waals surface area contributed by atoms with Crippen LogP contribution < -0.4 is 0 Å². The molecule has 3 fully saturated rings. The van der Waals surface area contributed by atoms with Gasteiger partial charge in [-0.05, 0) is 282 Å². The standard InChI is InChI=1S/C14H18N2O2.2C14H8N2O2.C14H16N2O2.C11H10N2O2.C9H6N2O2.3C8H4N2O2/c17-7-15-5-9-1-2-12-13-4-10(14(9)12)3-11(13)6-16-8-18;17-9-15-13-5-1-11(2-6-13)12-3-7-14(8-4-12)16-10-18;17-9-15-13-6-4-11(5-7-13)12-2-1-3-14(8-12)16-10-18;1-13(2,15-9-17)11-6-5-7-12(8-11)14(3,4)16-10-18;1-11(2,13-8-15)9-3-5-10(6-4-9)12-7-14;1-7-2-3-8(10-5-12)4-9(7)11-6-13;11-5-9-7-1-2-8(4-3-7)10-6-12;11-5-9-7-2-1-3-8(4-7)10-6-12;11-5-9-7-3-1-2-4-8(7)10-6-12/h9-14H,1-6H2;2*1-8H;5-8H,1-4H3;3-6H,1-2H3;2-4H,1H3;3*1-4H. The third-order valence-electron chi connectivity index (χ3n) is 20.5. The summed E-state index contributed by atoms with van der Waals surface area (Å²) in [4.78, 5) is 244. The average Bonchev–Trinajstić information content (AvgIpc) is 1.58. The summed E-state index contributed by atoms with van der Waals surface area (Å²) in [6, 6.07) is 66.9. The van der Waals surface area contributed by atoms with Crippen molar-refractivity contribution < 1.29 is 86.3 Å². The molecule has 0 N–H and O–H groups in total. The molecule has 6 unspecified atom stereocenters. The fourth-order valence-corrected chi connectivity index (χ4v) is 14.2. The number of hydrogen-bond acceptors (Lipinski definition) is 36. The number of aryl methyl sites for hydroxylation is 1. The maximum atomic E-state index is 10.4. The Hall–Kier alpha value is -19.0. The van der Waals surface area contributed by atoms with E-state index >= 15 is 0 Å². The molecule has 0 amide bonds. The fraction of sp³-hybridized carbons (Fsp3) is 0.220. The molecule has 0 aliphatic heterocycles. The summed E-state index contributed by atoms with van der Waals surface area (Å²) in [6.45, 7) is 14.0. The van der Waals surface area contributed by atoms with Gasteiger partial charge in [0.1, 0.15) is 11.4 Å². The number of benzene rings is 10. The molecule has 0 aromatic heterocycles. The van der Waals surface area contributed by atoms with Crippen LogP contribution in [-0.2, 0) is 103 Å². The maximum absolute atomic E-state index is 10.4. The lowest BCUT2D eigenvalue weighted by atomic mass is 9.73. The van der Waals surface area contributed by atoms with Gasteiger partial charge in [-0.25, -0.2) is 96.3 Å². The van der Waals surface area contributed by atoms with Crippen molar-refractivity contribution >= 4 is 183 Å². The van der Waals surface area contributed by atoms with E-state index in [9.17, 15) is 86.3 Å². The predicted octanol–water partition coefficient (Wildman–Crippen LogP) is 20.4. The van der Waals surface area contributed by atoms with Crippen molar-refractivity contribution in [3.8, 4) is 22.3 Å². The quantitative estimate of drug-likeness (QED) is 0.0379. The summed E-state index contributed by atoms with van der Waals surface area (Å²) in [5.74, 6) is 4.29. The Morgan fingerprint density at radius 1 is 0.243 bits per heavy atom. The molecule has 0 saturated heterocycles. The van der Waals surface area contributed by atoms with Gasteiger partial charge in [0, 0.05) is 0 Å². The van der Waals surface area contributed by atoms with Gasteiger partial charge in [0.2, 0.25) is 109 Å². The van der Waals surface area contributed by atoms with Crippen LogP contribution in [0.3, 0.4) is 0 Å². The Kier molecular flexibility index (Phi) is 46.8. The zero-order valence-corrected chi connectivity index (χ0v) is 73.6. The van der Waals surface area contributed by atoms with Crippen LogP contribution in [0, 0.1) is 42.4 Å². The largest absolute Gasteiger partial charge is 0.240 e. The number of para-hydroxylation sites is 2. The van der Waals surface area contributed by atoms with E-state index in [1.54, 1.807) is 197 Å². The molecular weight excluding hydrogens is 1740 g/mol. The average molecular weight is 1820 g/mol. The molecule has 136 heavy (non-hydrogen) atoms. The molecule has 0 spiro atoms. The highest BCUT2D eigenvalue weighted by Crippen LogP contribution is 2.63. The van der Waals surface area contributed by atoms with Crippen LogP contribution in [0.2, 0.25) is 0 Å². The van der Waals surface area contributed by atoms with E-state index in [1.807, 2.05) is 100 Å². The van der Waals surface area contributed by atoms with E-state index < -0.39 is 16.6 Å². The van der Waals surface area contributed by atoms with Gasteiger partial charge in [-0.15, -0.1) is 0 Å². The van der Waals surface area contributed by atoms with Crippen molar-refractivity contribution in [1.82, 2.24) is 0 Å². The van der Waals surface area contributed by atoms with Crippen molar-refractivity contribution in [3.05, 3.63) is 259 Å². The summed E-state index contributed by atoms with van der Waals surface area (Å²) < 4.78 is 0. The van der Waals surface area contributed by atoms with E-state index in [4.69, 9.17) is 0 Å². The first-order valence-electron chi connectivity index (χ1n) is 40.2. The first-order valence-corrected chi connectivity index (χ1v) is 40.2. The molecule has 0 radical (unpaired) electrons. The Morgan fingerprint density at radius 3 is 0.926 bits per heavy atom. The number of nitrogens with zero attached hydrogens (tertiary/aromatic N) is 18. The topological polar surface area (TPSA) is 530 Å². The van der Waals surface area contributed by atoms with Gasteiger partial charge >= 0.3 is 0 Å². The second kappa shape index (κ2) is 59.2. The third-order valence-corrected chi connectivity index (χ3v) is 20.5. The van der Waals surface area contributed by atoms with Crippen LogP contribution >= 0.6 is 0 Å². The molecule has 676 valence electrons. The number of rotatable bonds is 25. The number of isocyanates is 18. The Balaban J connectivity index is 0.000000272. The van der Waals surface area contributed by atoms with Crippen LogP contribution in [0.1, 0.15) is 89.5 Å². The Bertz CT molecular complexity index is 6540. The van der Waals surface area contributed by atoms with Gasteiger partial charge in [0.15, 0.2) is 0 Å². The third kappa shape index (κ3) is 36.3. The van der Waals surface area contributed by atoms with E-state index in [0.717, 1.165) is 68.2 Å². The molecule has 3 saturated carbocycles. The zero-order chi connectivity index (χ0) is 99.4. The van der Waals surface area contributed by atoms with Crippen molar-refractivity contribution in [2.45, 2.75) is 90.8 Å². The van der Waals surface area contributed by atoms with Gasteiger partial charge in [-0.1, -0.05) is 109 Å². The van der Waals surface area contributed by atoms with Gasteiger partial charge in [0.25, 0.3) is 0 Å². The number of aliphatic imine (C=N–C) groups is 18. The summed E-state index contributed by atoms with van der Waals surface area (Å²) in [5, 5.41) is 0. The molecule has 2 bridgehead atoms. The van der Waals surface area contributed by atoms with Crippen molar-refractivity contribution in [1.29, 1.82) is 0 Å². The number of carbonyl (C=O) groups excluding carboxylic acids is 18. The molecule has 0 heterocycles. The number of hydrogen-bond donors (Lipinski definition) is 0. The summed E-state index contributed by atoms with van der Waals surface area (Å²) in [7, 11) is 0. The minimum absolute atomic E-state index is 0.316. The first kappa shape index (κ1) is 108. The van der Waals surface area contributed by atoms with Gasteiger partial charge < -0.3 is 0 Å². The zero-order valence-electron chi connectivity index (χ0n) is 73.6. The summed E-state index contributed by atoms with van der Waals surface area (Å²) in [5.41, 5.74) is 11.5. The van der Waals surface area contributed by atoms with Gasteiger partial charge in [0.05, 0.1) is 92.3 Å². The lowest BCUT2D eigenvalue weighted by Crippen LogP contribution is -2.29. The van der Waals surface area contributed by atoms with Crippen LogP contribution in [-0.4, -0.2) is 123 Å². The monoisotopic (exact) mass is 1820 g/mol.